The number of hydrogen-bond acceptors (Lipinski definition) is 2. The van der Waals surface area contributed by atoms with E-state index in [9.17, 15) is 14.0 Å². The molecular weight excluding hydrogens is 211 g/mol. The van der Waals surface area contributed by atoms with Crippen molar-refractivity contribution in [1.29, 1.82) is 0 Å². The SMILES string of the molecule is Cc1ccc(C(=O)C(=O)O)c(Cl)c1F. The van der Waals surface area contributed by atoms with Crippen LogP contribution in [0, 0.1) is 12.7 Å². The molecule has 0 aliphatic carbocycles. The van der Waals surface area contributed by atoms with Gasteiger partial charge in [-0.3, -0.25) is 4.79 Å². The van der Waals surface area contributed by atoms with Gasteiger partial charge in [0.25, 0.3) is 5.78 Å². The lowest BCUT2D eigenvalue weighted by Gasteiger charge is -2.03. The van der Waals surface area contributed by atoms with Crippen LogP contribution in [0.2, 0.25) is 5.02 Å². The molecule has 3 nitrogen and oxygen atoms in total. The molecule has 1 N–H and O–H groups in total. The third-order valence-electron chi connectivity index (χ3n) is 1.71. The number of carboxylic acid groups (broad SMARTS) is 1. The van der Waals surface area contributed by atoms with Crippen molar-refractivity contribution < 1.29 is 19.1 Å². The van der Waals surface area contributed by atoms with E-state index in [1.807, 2.05) is 0 Å². The molecular formula is C9H6ClFO3. The van der Waals surface area contributed by atoms with Gasteiger partial charge in [-0.1, -0.05) is 17.7 Å². The van der Waals surface area contributed by atoms with E-state index >= 15 is 0 Å². The molecule has 1 rings (SSSR count). The number of carbonyl (C=O) groups excluding carboxylic acids is 1. The van der Waals surface area contributed by atoms with Gasteiger partial charge >= 0.3 is 5.97 Å². The van der Waals surface area contributed by atoms with Crippen molar-refractivity contribution in [2.75, 3.05) is 0 Å². The number of rotatable bonds is 2. The lowest BCUT2D eigenvalue weighted by Crippen LogP contribution is -2.13. The van der Waals surface area contributed by atoms with Crippen molar-refractivity contribution >= 4 is 23.4 Å². The van der Waals surface area contributed by atoms with Gasteiger partial charge in [-0.25, -0.2) is 9.18 Å². The van der Waals surface area contributed by atoms with Crippen molar-refractivity contribution in [2.24, 2.45) is 0 Å². The van der Waals surface area contributed by atoms with Gasteiger partial charge in [0.05, 0.1) is 10.6 Å². The Morgan fingerprint density at radius 3 is 2.50 bits per heavy atom. The van der Waals surface area contributed by atoms with E-state index in [-0.39, 0.29) is 11.1 Å². The molecule has 14 heavy (non-hydrogen) atoms. The molecule has 1 aromatic carbocycles. The molecule has 0 atom stereocenters. The highest BCUT2D eigenvalue weighted by Crippen LogP contribution is 2.23. The van der Waals surface area contributed by atoms with Gasteiger partial charge in [0.15, 0.2) is 0 Å². The highest BCUT2D eigenvalue weighted by atomic mass is 35.5. The van der Waals surface area contributed by atoms with Gasteiger partial charge in [0.1, 0.15) is 5.82 Å². The van der Waals surface area contributed by atoms with Crippen LogP contribution in [0.5, 0.6) is 0 Å². The van der Waals surface area contributed by atoms with E-state index in [2.05, 4.69) is 0 Å². The third kappa shape index (κ3) is 1.75. The Balaban J connectivity index is 3.31. The standard InChI is InChI=1S/C9H6ClFO3/c1-4-2-3-5(6(10)7(4)11)8(12)9(13)14/h2-3H,1H3,(H,13,14). The fourth-order valence-electron chi connectivity index (χ4n) is 0.937. The Morgan fingerprint density at radius 2 is 2.00 bits per heavy atom. The van der Waals surface area contributed by atoms with E-state index in [1.165, 1.54) is 19.1 Å². The Hall–Kier alpha value is -1.42. The van der Waals surface area contributed by atoms with E-state index in [1.54, 1.807) is 0 Å². The van der Waals surface area contributed by atoms with Gasteiger partial charge in [0.2, 0.25) is 0 Å². The van der Waals surface area contributed by atoms with E-state index in [0.29, 0.717) is 0 Å². The second-order valence-corrected chi connectivity index (χ2v) is 3.07. The highest BCUT2D eigenvalue weighted by Gasteiger charge is 2.20. The first-order chi connectivity index (χ1) is 6.45. The second-order valence-electron chi connectivity index (χ2n) is 2.69. The van der Waals surface area contributed by atoms with Crippen molar-refractivity contribution in [3.8, 4) is 0 Å². The zero-order valence-corrected chi connectivity index (χ0v) is 7.93. The quantitative estimate of drug-likeness (QED) is 0.608. The van der Waals surface area contributed by atoms with Crippen LogP contribution in [0.15, 0.2) is 12.1 Å². The maximum absolute atomic E-state index is 13.1. The molecule has 0 bridgehead atoms. The predicted molar refractivity (Wildman–Crippen MR) is 48.1 cm³/mol. The summed E-state index contributed by atoms with van der Waals surface area (Å²) in [5, 5.41) is 7.94. The number of aliphatic carboxylic acids is 1. The summed E-state index contributed by atoms with van der Waals surface area (Å²) in [6.45, 7) is 1.47. The number of hydrogen-bond donors (Lipinski definition) is 1. The molecule has 0 amide bonds. The monoisotopic (exact) mass is 216 g/mol. The molecule has 0 heterocycles. The summed E-state index contributed by atoms with van der Waals surface area (Å²) < 4.78 is 13.1. The minimum atomic E-state index is -1.66. The number of carbonyl (C=O) groups is 2. The smallest absolute Gasteiger partial charge is 0.377 e. The van der Waals surface area contributed by atoms with Gasteiger partial charge in [-0.2, -0.15) is 0 Å². The van der Waals surface area contributed by atoms with Crippen LogP contribution < -0.4 is 0 Å². The number of ketones is 1. The molecule has 0 spiro atoms. The van der Waals surface area contributed by atoms with Gasteiger partial charge in [-0.15, -0.1) is 0 Å². The van der Waals surface area contributed by atoms with Crippen LogP contribution in [0.3, 0.4) is 0 Å². The second kappa shape index (κ2) is 3.75. The fraction of sp³-hybridized carbons (Fsp3) is 0.111. The molecule has 0 saturated carbocycles. The Kier molecular flexibility index (Phi) is 2.86. The first-order valence-electron chi connectivity index (χ1n) is 3.67. The fourth-order valence-corrected chi connectivity index (χ4v) is 1.23. The van der Waals surface area contributed by atoms with Gasteiger partial charge < -0.3 is 5.11 Å². The Morgan fingerprint density at radius 1 is 1.43 bits per heavy atom. The lowest BCUT2D eigenvalue weighted by atomic mass is 10.1. The Labute approximate surface area is 84.1 Å². The maximum Gasteiger partial charge on any atom is 0.377 e. The van der Waals surface area contributed by atoms with Crippen LogP contribution in [0.1, 0.15) is 15.9 Å². The van der Waals surface area contributed by atoms with E-state index < -0.39 is 22.6 Å². The van der Waals surface area contributed by atoms with Crippen molar-refractivity contribution in [3.63, 3.8) is 0 Å². The molecule has 0 aromatic heterocycles. The minimum Gasteiger partial charge on any atom is -0.475 e. The lowest BCUT2D eigenvalue weighted by molar-refractivity contribution is -0.131. The summed E-state index contributed by atoms with van der Waals surface area (Å²) in [6.07, 6.45) is 0. The van der Waals surface area contributed by atoms with Crippen LogP contribution in [0.25, 0.3) is 0 Å². The van der Waals surface area contributed by atoms with Gasteiger partial charge in [-0.05, 0) is 18.6 Å². The molecule has 0 aliphatic heterocycles. The van der Waals surface area contributed by atoms with E-state index in [0.717, 1.165) is 0 Å². The maximum atomic E-state index is 13.1. The summed E-state index contributed by atoms with van der Waals surface area (Å²) in [4.78, 5) is 21.3. The summed E-state index contributed by atoms with van der Waals surface area (Å²) in [6, 6.07) is 2.49. The number of carboxylic acids is 1. The van der Waals surface area contributed by atoms with Crippen LogP contribution in [-0.4, -0.2) is 16.9 Å². The van der Waals surface area contributed by atoms with Gasteiger partial charge in [0, 0.05) is 0 Å². The Bertz CT molecular complexity index is 415. The average Bonchev–Trinajstić information content (AvgIpc) is 2.13. The third-order valence-corrected chi connectivity index (χ3v) is 2.08. The molecule has 74 valence electrons. The largest absolute Gasteiger partial charge is 0.475 e. The van der Waals surface area contributed by atoms with Crippen molar-refractivity contribution in [2.45, 2.75) is 6.92 Å². The predicted octanol–water partition coefficient (Wildman–Crippen LogP) is 2.05. The van der Waals surface area contributed by atoms with Crippen molar-refractivity contribution in [1.82, 2.24) is 0 Å². The summed E-state index contributed by atoms with van der Waals surface area (Å²) in [7, 11) is 0. The average molecular weight is 217 g/mol. The molecule has 0 unspecified atom stereocenters. The molecule has 5 heteroatoms. The summed E-state index contributed by atoms with van der Waals surface area (Å²) >= 11 is 5.48. The zero-order chi connectivity index (χ0) is 10.9. The topological polar surface area (TPSA) is 54.4 Å². The molecule has 0 radical (unpaired) electrons. The number of aryl methyl sites for hydroxylation is 1. The molecule has 0 saturated heterocycles. The number of halogens is 2. The van der Waals surface area contributed by atoms with Crippen LogP contribution in [-0.2, 0) is 4.79 Å². The molecule has 0 aliphatic rings. The normalized spacial score (nSPS) is 9.93. The first kappa shape index (κ1) is 10.7. The zero-order valence-electron chi connectivity index (χ0n) is 7.17. The number of Topliss-reactive ketones (excluding diaryl/α,β-unsaturated/α-hetero) is 1. The minimum absolute atomic E-state index is 0.261. The van der Waals surface area contributed by atoms with Crippen molar-refractivity contribution in [3.05, 3.63) is 34.1 Å². The van der Waals surface area contributed by atoms with Crippen LogP contribution >= 0.6 is 11.6 Å². The van der Waals surface area contributed by atoms with E-state index in [4.69, 9.17) is 16.7 Å². The molecule has 1 aromatic rings. The van der Waals surface area contributed by atoms with Crippen LogP contribution in [0.4, 0.5) is 4.39 Å². The molecule has 0 fully saturated rings. The first-order valence-corrected chi connectivity index (χ1v) is 4.05. The highest BCUT2D eigenvalue weighted by molar-refractivity contribution is 6.45. The number of benzene rings is 1. The summed E-state index contributed by atoms with van der Waals surface area (Å²) in [5.74, 6) is -3.64. The summed E-state index contributed by atoms with van der Waals surface area (Å²) in [5.41, 5.74) is -0.0702.